The zero-order chi connectivity index (χ0) is 24.4. The molecule has 3 aliphatic rings. The second-order valence-corrected chi connectivity index (χ2v) is 9.81. The lowest BCUT2D eigenvalue weighted by atomic mass is 9.76. The van der Waals surface area contributed by atoms with Crippen molar-refractivity contribution >= 4 is 40.7 Å². The van der Waals surface area contributed by atoms with Crippen LogP contribution in [0.4, 0.5) is 17.1 Å². The second kappa shape index (κ2) is 7.77. The van der Waals surface area contributed by atoms with E-state index in [1.807, 2.05) is 24.3 Å². The van der Waals surface area contributed by atoms with Gasteiger partial charge in [0.25, 0.3) is 5.91 Å². The van der Waals surface area contributed by atoms with E-state index in [4.69, 9.17) is 0 Å². The number of likely N-dealkylation sites (N-methyl/N-ethyl adjacent to an activating group) is 1. The van der Waals surface area contributed by atoms with Gasteiger partial charge in [-0.25, -0.2) is 4.90 Å². The average molecular weight is 461 g/mol. The van der Waals surface area contributed by atoms with E-state index in [-0.39, 0.29) is 35.6 Å². The number of carbonyl (C=O) groups is 4. The molecular weight excluding hydrogens is 432 g/mol. The van der Waals surface area contributed by atoms with Crippen molar-refractivity contribution in [3.8, 4) is 0 Å². The number of nitrogens with zero attached hydrogens (tertiary/aromatic N) is 2. The molecule has 2 fully saturated rings. The van der Waals surface area contributed by atoms with Gasteiger partial charge in [-0.3, -0.25) is 24.5 Å². The highest BCUT2D eigenvalue weighted by atomic mass is 16.2. The third-order valence-corrected chi connectivity index (χ3v) is 7.17. The molecule has 34 heavy (non-hydrogen) atoms. The molecule has 4 amide bonds. The molecule has 8 heteroatoms. The molecule has 3 heterocycles. The molecule has 4 atom stereocenters. The van der Waals surface area contributed by atoms with Crippen LogP contribution in [-0.4, -0.2) is 36.7 Å². The van der Waals surface area contributed by atoms with Gasteiger partial charge in [0, 0.05) is 37.0 Å². The lowest BCUT2D eigenvalue weighted by Gasteiger charge is -2.30. The number of hydrogen-bond donors (Lipinski definition) is 2. The van der Waals surface area contributed by atoms with Gasteiger partial charge < -0.3 is 10.2 Å². The van der Waals surface area contributed by atoms with Crippen LogP contribution >= 0.6 is 0 Å². The van der Waals surface area contributed by atoms with Gasteiger partial charge in [0.2, 0.25) is 17.7 Å². The smallest absolute Gasteiger partial charge is 0.252 e. The van der Waals surface area contributed by atoms with Crippen molar-refractivity contribution < 1.29 is 19.2 Å². The maximum Gasteiger partial charge on any atom is 0.252 e. The minimum Gasteiger partial charge on any atom is -0.326 e. The summed E-state index contributed by atoms with van der Waals surface area (Å²) < 4.78 is 0. The number of carbonyl (C=O) groups excluding carboxylic acids is 4. The number of fused-ring (bicyclic) bond motifs is 4. The number of imide groups is 1. The lowest BCUT2D eigenvalue weighted by Crippen LogP contribution is -2.54. The van der Waals surface area contributed by atoms with E-state index in [0.717, 1.165) is 11.3 Å². The number of hydrogen-bond acceptors (Lipinski definition) is 5. The zero-order valence-corrected chi connectivity index (χ0v) is 19.7. The number of rotatable bonds is 4. The van der Waals surface area contributed by atoms with Gasteiger partial charge in [-0.15, -0.1) is 0 Å². The van der Waals surface area contributed by atoms with Gasteiger partial charge in [0.1, 0.15) is 5.54 Å². The summed E-state index contributed by atoms with van der Waals surface area (Å²) in [5.74, 6) is -2.30. The quantitative estimate of drug-likeness (QED) is 0.684. The fourth-order valence-electron chi connectivity index (χ4n) is 5.92. The van der Waals surface area contributed by atoms with Crippen molar-refractivity contribution in [2.45, 2.75) is 38.8 Å². The highest BCUT2D eigenvalue weighted by Crippen LogP contribution is 2.55. The van der Waals surface area contributed by atoms with Crippen LogP contribution in [0.2, 0.25) is 0 Å². The number of para-hydroxylation sites is 1. The van der Waals surface area contributed by atoms with E-state index in [2.05, 4.69) is 24.5 Å². The zero-order valence-electron chi connectivity index (χ0n) is 19.7. The van der Waals surface area contributed by atoms with E-state index in [1.165, 1.54) is 11.8 Å². The maximum absolute atomic E-state index is 13.9. The van der Waals surface area contributed by atoms with Crippen LogP contribution in [0, 0.1) is 17.8 Å². The van der Waals surface area contributed by atoms with Crippen molar-refractivity contribution in [3.05, 3.63) is 54.1 Å². The number of anilines is 3. The molecule has 0 aliphatic carbocycles. The molecule has 0 unspecified atom stereocenters. The third-order valence-electron chi connectivity index (χ3n) is 7.17. The predicted molar refractivity (Wildman–Crippen MR) is 128 cm³/mol. The van der Waals surface area contributed by atoms with E-state index < -0.39 is 17.4 Å². The Hall–Kier alpha value is -3.52. The first-order valence-corrected chi connectivity index (χ1v) is 11.6. The Morgan fingerprint density at radius 1 is 1.06 bits per heavy atom. The van der Waals surface area contributed by atoms with Crippen LogP contribution in [0.25, 0.3) is 0 Å². The van der Waals surface area contributed by atoms with Gasteiger partial charge in [0.15, 0.2) is 0 Å². The fourth-order valence-corrected chi connectivity index (χ4v) is 5.92. The van der Waals surface area contributed by atoms with Crippen molar-refractivity contribution in [2.75, 3.05) is 22.2 Å². The SMILES string of the molecule is CC(=O)Nc1ccc(N2C(=O)[C@@H]3[C@H](CC(C)C)N[C@]4(C(=O)N(C)c5ccccc54)[C@H]3C2=O)cc1. The Kier molecular flexibility index (Phi) is 5.09. The summed E-state index contributed by atoms with van der Waals surface area (Å²) >= 11 is 0. The molecule has 5 rings (SSSR count). The Bertz CT molecular complexity index is 1210. The number of nitrogens with one attached hydrogen (secondary N) is 2. The molecule has 0 bridgehead atoms. The molecule has 0 radical (unpaired) electrons. The molecule has 1 spiro atoms. The molecule has 176 valence electrons. The molecule has 2 N–H and O–H groups in total. The monoisotopic (exact) mass is 460 g/mol. The lowest BCUT2D eigenvalue weighted by molar-refractivity contribution is -0.131. The first-order chi connectivity index (χ1) is 16.2. The van der Waals surface area contributed by atoms with E-state index >= 15 is 0 Å². The normalized spacial score (nSPS) is 27.7. The molecule has 8 nitrogen and oxygen atoms in total. The summed E-state index contributed by atoms with van der Waals surface area (Å²) in [7, 11) is 1.71. The van der Waals surface area contributed by atoms with Gasteiger partial charge in [-0.2, -0.15) is 0 Å². The predicted octanol–water partition coefficient (Wildman–Crippen LogP) is 2.64. The minimum atomic E-state index is -1.27. The van der Waals surface area contributed by atoms with Crippen molar-refractivity contribution in [2.24, 2.45) is 17.8 Å². The van der Waals surface area contributed by atoms with Gasteiger partial charge >= 0.3 is 0 Å². The summed E-state index contributed by atoms with van der Waals surface area (Å²) in [6, 6.07) is 13.8. The summed E-state index contributed by atoms with van der Waals surface area (Å²) in [6.07, 6.45) is 0.663. The highest BCUT2D eigenvalue weighted by Gasteiger charge is 2.71. The maximum atomic E-state index is 13.9. The van der Waals surface area contributed by atoms with Crippen LogP contribution < -0.4 is 20.4 Å². The third kappa shape index (κ3) is 3.01. The summed E-state index contributed by atoms with van der Waals surface area (Å²) in [5, 5.41) is 6.18. The van der Waals surface area contributed by atoms with Crippen molar-refractivity contribution in [1.82, 2.24) is 5.32 Å². The first-order valence-electron chi connectivity index (χ1n) is 11.6. The number of benzene rings is 2. The van der Waals surface area contributed by atoms with Crippen LogP contribution in [0.1, 0.15) is 32.8 Å². The minimum absolute atomic E-state index is 0.206. The Balaban J connectivity index is 1.61. The molecule has 0 aromatic heterocycles. The topological polar surface area (TPSA) is 98.8 Å². The second-order valence-electron chi connectivity index (χ2n) is 9.81. The van der Waals surface area contributed by atoms with Gasteiger partial charge in [0.05, 0.1) is 17.5 Å². The molecular formula is C26H28N4O4. The average Bonchev–Trinajstić information content (AvgIpc) is 3.33. The first kappa shape index (κ1) is 22.3. The molecule has 2 saturated heterocycles. The van der Waals surface area contributed by atoms with Crippen molar-refractivity contribution in [1.29, 1.82) is 0 Å². The van der Waals surface area contributed by atoms with Gasteiger partial charge in [-0.05, 0) is 42.7 Å². The molecule has 0 saturated carbocycles. The Morgan fingerprint density at radius 2 is 1.74 bits per heavy atom. The summed E-state index contributed by atoms with van der Waals surface area (Å²) in [4.78, 5) is 55.6. The van der Waals surface area contributed by atoms with Gasteiger partial charge in [-0.1, -0.05) is 32.0 Å². The summed E-state index contributed by atoms with van der Waals surface area (Å²) in [6.45, 7) is 5.55. The number of amides is 4. The molecule has 2 aromatic rings. The van der Waals surface area contributed by atoms with E-state index in [1.54, 1.807) is 36.2 Å². The van der Waals surface area contributed by atoms with E-state index in [9.17, 15) is 19.2 Å². The van der Waals surface area contributed by atoms with Crippen molar-refractivity contribution in [3.63, 3.8) is 0 Å². The van der Waals surface area contributed by atoms with Crippen LogP contribution in [0.3, 0.4) is 0 Å². The largest absolute Gasteiger partial charge is 0.326 e. The van der Waals surface area contributed by atoms with Crippen LogP contribution in [0.15, 0.2) is 48.5 Å². The highest BCUT2D eigenvalue weighted by molar-refractivity contribution is 6.26. The Morgan fingerprint density at radius 3 is 2.38 bits per heavy atom. The fraction of sp³-hybridized carbons (Fsp3) is 0.385. The van der Waals surface area contributed by atoms with Crippen LogP contribution in [0.5, 0.6) is 0 Å². The molecule has 3 aliphatic heterocycles. The standard InChI is InChI=1S/C26H28N4O4/c1-14(2)13-19-21-22(26(28-19)18-7-5-6-8-20(18)29(4)25(26)34)24(33)30(23(21)32)17-11-9-16(10-12-17)27-15(3)31/h5-12,14,19,21-22,28H,13H2,1-4H3,(H,27,31)/t19-,21+,22+,26-/m0/s1. The molecule has 2 aromatic carbocycles. The summed E-state index contributed by atoms with van der Waals surface area (Å²) in [5.41, 5.74) is 1.24. The van der Waals surface area contributed by atoms with Crippen LogP contribution in [-0.2, 0) is 24.7 Å². The van der Waals surface area contributed by atoms with E-state index in [0.29, 0.717) is 17.8 Å². The Labute approximate surface area is 198 Å².